The highest BCUT2D eigenvalue weighted by Crippen LogP contribution is 2.27. The van der Waals surface area contributed by atoms with Crippen molar-refractivity contribution >= 4 is 23.2 Å². The van der Waals surface area contributed by atoms with E-state index in [2.05, 4.69) is 10.6 Å². The predicted molar refractivity (Wildman–Crippen MR) is 89.4 cm³/mol. The van der Waals surface area contributed by atoms with Gasteiger partial charge >= 0.3 is 0 Å². The van der Waals surface area contributed by atoms with Crippen LogP contribution in [0, 0.1) is 5.82 Å². The van der Waals surface area contributed by atoms with Gasteiger partial charge in [0.05, 0.1) is 12.1 Å². The van der Waals surface area contributed by atoms with Gasteiger partial charge in [-0.3, -0.25) is 4.79 Å². The van der Waals surface area contributed by atoms with Gasteiger partial charge in [-0.1, -0.05) is 23.7 Å². The average Bonchev–Trinajstić information content (AvgIpc) is 2.54. The maximum absolute atomic E-state index is 12.8. The zero-order valence-corrected chi connectivity index (χ0v) is 13.5. The van der Waals surface area contributed by atoms with Crippen LogP contribution < -0.4 is 15.4 Å². The fraction of sp³-hybridized carbons (Fsp3) is 0.235. The Bertz CT molecular complexity index is 662. The Hall–Kier alpha value is -2.27. The zero-order valence-electron chi connectivity index (χ0n) is 12.7. The van der Waals surface area contributed by atoms with Crippen molar-refractivity contribution < 1.29 is 13.9 Å². The number of halogens is 2. The van der Waals surface area contributed by atoms with Crippen molar-refractivity contribution in [3.05, 3.63) is 58.9 Å². The number of carbonyl (C=O) groups excluding carboxylic acids is 1. The van der Waals surface area contributed by atoms with Gasteiger partial charge in [0.2, 0.25) is 5.91 Å². The lowest BCUT2D eigenvalue weighted by Crippen LogP contribution is -2.24. The Balaban J connectivity index is 1.72. The van der Waals surface area contributed by atoms with Crippen LogP contribution in [0.25, 0.3) is 0 Å². The van der Waals surface area contributed by atoms with Crippen molar-refractivity contribution in [3.8, 4) is 5.75 Å². The molecule has 0 heterocycles. The molecule has 2 aromatic rings. The summed E-state index contributed by atoms with van der Waals surface area (Å²) >= 11 is 6.03. The summed E-state index contributed by atoms with van der Waals surface area (Å²) < 4.78 is 17.9. The van der Waals surface area contributed by atoms with E-state index in [1.165, 1.54) is 12.1 Å². The van der Waals surface area contributed by atoms with E-state index >= 15 is 0 Å². The van der Waals surface area contributed by atoms with Crippen molar-refractivity contribution in [1.82, 2.24) is 5.32 Å². The van der Waals surface area contributed by atoms with Crippen LogP contribution in [0.1, 0.15) is 12.0 Å². The van der Waals surface area contributed by atoms with Crippen molar-refractivity contribution in [2.45, 2.75) is 13.0 Å². The van der Waals surface area contributed by atoms with Crippen LogP contribution in [0.5, 0.6) is 5.75 Å². The van der Waals surface area contributed by atoms with Crippen LogP contribution in [-0.4, -0.2) is 19.6 Å². The first kappa shape index (κ1) is 17.1. The van der Waals surface area contributed by atoms with Crippen LogP contribution in [0.4, 0.5) is 10.1 Å². The molecule has 0 saturated carbocycles. The van der Waals surface area contributed by atoms with E-state index in [1.807, 2.05) is 6.07 Å². The summed E-state index contributed by atoms with van der Waals surface area (Å²) in [5.74, 6) is 0.234. The maximum atomic E-state index is 12.8. The van der Waals surface area contributed by atoms with Gasteiger partial charge in [-0.25, -0.2) is 4.39 Å². The molecule has 0 radical (unpaired) electrons. The highest BCUT2D eigenvalue weighted by Gasteiger charge is 2.04. The molecule has 0 aromatic heterocycles. The van der Waals surface area contributed by atoms with Crippen LogP contribution in [0.15, 0.2) is 42.5 Å². The Kier molecular flexibility index (Phi) is 6.23. The zero-order chi connectivity index (χ0) is 16.7. The van der Waals surface area contributed by atoms with Crippen LogP contribution in [0.2, 0.25) is 5.02 Å². The molecule has 1 amide bonds. The molecule has 23 heavy (non-hydrogen) atoms. The molecule has 0 aliphatic carbocycles. The van der Waals surface area contributed by atoms with Crippen molar-refractivity contribution in [2.24, 2.45) is 0 Å². The van der Waals surface area contributed by atoms with Gasteiger partial charge in [0.1, 0.15) is 11.6 Å². The second kappa shape index (κ2) is 8.39. The molecule has 122 valence electrons. The Morgan fingerprint density at radius 2 is 1.96 bits per heavy atom. The van der Waals surface area contributed by atoms with E-state index in [4.69, 9.17) is 16.3 Å². The lowest BCUT2D eigenvalue weighted by Gasteiger charge is -2.09. The number of carbonyl (C=O) groups is 1. The Morgan fingerprint density at radius 1 is 1.22 bits per heavy atom. The topological polar surface area (TPSA) is 50.4 Å². The second-order valence-corrected chi connectivity index (χ2v) is 5.34. The highest BCUT2D eigenvalue weighted by atomic mass is 35.5. The summed E-state index contributed by atoms with van der Waals surface area (Å²) in [4.78, 5) is 11.8. The quantitative estimate of drug-likeness (QED) is 0.812. The molecule has 2 N–H and O–H groups in total. The van der Waals surface area contributed by atoms with Crippen molar-refractivity contribution in [2.75, 3.05) is 19.0 Å². The van der Waals surface area contributed by atoms with Gasteiger partial charge in [0.25, 0.3) is 0 Å². The number of anilines is 1. The second-order valence-electron chi connectivity index (χ2n) is 4.93. The molecule has 0 spiro atoms. The summed E-state index contributed by atoms with van der Waals surface area (Å²) in [6, 6.07) is 11.4. The number of methoxy groups -OCH3 is 1. The predicted octanol–water partition coefficient (Wildman–Crippen LogP) is 3.61. The number of nitrogens with one attached hydrogen (secondary N) is 2. The molecular weight excluding hydrogens is 319 g/mol. The third-order valence-corrected chi connectivity index (χ3v) is 3.53. The smallest absolute Gasteiger partial charge is 0.222 e. The molecular formula is C17H18ClFN2O2. The van der Waals surface area contributed by atoms with E-state index in [0.717, 1.165) is 11.3 Å². The minimum Gasteiger partial charge on any atom is -0.495 e. The molecule has 4 nitrogen and oxygen atoms in total. The van der Waals surface area contributed by atoms with Crippen molar-refractivity contribution in [1.29, 1.82) is 0 Å². The Morgan fingerprint density at radius 3 is 2.61 bits per heavy atom. The summed E-state index contributed by atoms with van der Waals surface area (Å²) in [6.45, 7) is 0.866. The van der Waals surface area contributed by atoms with Crippen molar-refractivity contribution in [3.63, 3.8) is 0 Å². The lowest BCUT2D eigenvalue weighted by atomic mass is 10.2. The highest BCUT2D eigenvalue weighted by molar-refractivity contribution is 6.32. The normalized spacial score (nSPS) is 10.2. The summed E-state index contributed by atoms with van der Waals surface area (Å²) in [6.07, 6.45) is 0.324. The fourth-order valence-corrected chi connectivity index (χ4v) is 2.25. The number of rotatable bonds is 7. The molecule has 6 heteroatoms. The lowest BCUT2D eigenvalue weighted by molar-refractivity contribution is -0.121. The largest absolute Gasteiger partial charge is 0.495 e. The molecule has 0 aliphatic rings. The average molecular weight is 337 g/mol. The van der Waals surface area contributed by atoms with E-state index in [-0.39, 0.29) is 11.7 Å². The molecule has 0 fully saturated rings. The van der Waals surface area contributed by atoms with Gasteiger partial charge < -0.3 is 15.4 Å². The standard InChI is InChI=1S/C17H18ClFN2O2/c1-23-16-7-6-14(10-15(16)18)20-9-8-17(22)21-11-12-2-4-13(19)5-3-12/h2-7,10,20H,8-9,11H2,1H3,(H,21,22). The molecule has 0 bridgehead atoms. The van der Waals surface area contributed by atoms with Crippen LogP contribution >= 0.6 is 11.6 Å². The summed E-state index contributed by atoms with van der Waals surface area (Å²) in [5.41, 5.74) is 1.68. The molecule has 0 saturated heterocycles. The number of hydrogen-bond donors (Lipinski definition) is 2. The van der Waals surface area contributed by atoms with Crippen LogP contribution in [0.3, 0.4) is 0 Å². The number of hydrogen-bond acceptors (Lipinski definition) is 3. The van der Waals surface area contributed by atoms with Gasteiger partial charge in [0, 0.05) is 25.2 Å². The third-order valence-electron chi connectivity index (χ3n) is 3.24. The summed E-state index contributed by atoms with van der Waals surface area (Å²) in [7, 11) is 1.56. The minimum absolute atomic E-state index is 0.0820. The van der Waals surface area contributed by atoms with Gasteiger partial charge in [-0.2, -0.15) is 0 Å². The van der Waals surface area contributed by atoms with Crippen LogP contribution in [-0.2, 0) is 11.3 Å². The molecule has 2 rings (SSSR count). The Labute approximate surface area is 139 Å². The molecule has 0 aliphatic heterocycles. The molecule has 2 aromatic carbocycles. The van der Waals surface area contributed by atoms with E-state index in [0.29, 0.717) is 30.3 Å². The van der Waals surface area contributed by atoms with E-state index in [1.54, 1.807) is 31.4 Å². The molecule has 0 atom stereocenters. The first-order chi connectivity index (χ1) is 11.1. The van der Waals surface area contributed by atoms with Gasteiger partial charge in [0.15, 0.2) is 0 Å². The fourth-order valence-electron chi connectivity index (χ4n) is 1.99. The van der Waals surface area contributed by atoms with Gasteiger partial charge in [-0.05, 0) is 35.9 Å². The monoisotopic (exact) mass is 336 g/mol. The number of ether oxygens (including phenoxy) is 1. The van der Waals surface area contributed by atoms with E-state index in [9.17, 15) is 9.18 Å². The summed E-state index contributed by atoms with van der Waals surface area (Å²) in [5, 5.41) is 6.42. The SMILES string of the molecule is COc1ccc(NCCC(=O)NCc2ccc(F)cc2)cc1Cl. The van der Waals surface area contributed by atoms with E-state index < -0.39 is 0 Å². The first-order valence-electron chi connectivity index (χ1n) is 7.17. The minimum atomic E-state index is -0.289. The first-order valence-corrected chi connectivity index (χ1v) is 7.55. The maximum Gasteiger partial charge on any atom is 0.222 e. The number of benzene rings is 2. The third kappa shape index (κ3) is 5.45. The number of amides is 1. The molecule has 0 unspecified atom stereocenters. The van der Waals surface area contributed by atoms with Gasteiger partial charge in [-0.15, -0.1) is 0 Å².